The van der Waals surface area contributed by atoms with Crippen molar-refractivity contribution >= 4 is 17.9 Å². The summed E-state index contributed by atoms with van der Waals surface area (Å²) < 4.78 is 4.75. The number of carbonyl (C=O) groups is 1. The van der Waals surface area contributed by atoms with Gasteiger partial charge in [-0.15, -0.1) is 0 Å². The van der Waals surface area contributed by atoms with E-state index in [9.17, 15) is 4.79 Å². The van der Waals surface area contributed by atoms with E-state index in [4.69, 9.17) is 15.3 Å². The minimum atomic E-state index is -0.983. The van der Waals surface area contributed by atoms with Gasteiger partial charge in [-0.1, -0.05) is 12.1 Å². The first-order valence-corrected chi connectivity index (χ1v) is 4.27. The van der Waals surface area contributed by atoms with Gasteiger partial charge in [0.15, 0.2) is 0 Å². The lowest BCUT2D eigenvalue weighted by Gasteiger charge is -2.01. The van der Waals surface area contributed by atoms with E-state index in [1.54, 1.807) is 24.3 Å². The Hall–Kier alpha value is -2.10. The second kappa shape index (κ2) is 4.95. The molecule has 0 saturated heterocycles. The van der Waals surface area contributed by atoms with Crippen LogP contribution in [0, 0.1) is 5.41 Å². The molecule has 0 unspecified atom stereocenters. The number of nitrogens with one attached hydrogen (secondary N) is 1. The molecule has 1 aromatic rings. The van der Waals surface area contributed by atoms with Crippen molar-refractivity contribution in [2.45, 2.75) is 0 Å². The monoisotopic (exact) mass is 205 g/mol. The van der Waals surface area contributed by atoms with Crippen LogP contribution < -0.4 is 0 Å². The first-order chi connectivity index (χ1) is 7.13. The Morgan fingerprint density at radius 2 is 2.00 bits per heavy atom. The minimum absolute atomic E-state index is 0.0868. The number of aliphatic carboxylic acids is 1. The van der Waals surface area contributed by atoms with Gasteiger partial charge in [-0.25, -0.2) is 4.79 Å². The van der Waals surface area contributed by atoms with Crippen LogP contribution in [0.1, 0.15) is 11.1 Å². The van der Waals surface area contributed by atoms with Gasteiger partial charge >= 0.3 is 5.97 Å². The summed E-state index contributed by atoms with van der Waals surface area (Å²) in [5.41, 5.74) is 1.43. The van der Waals surface area contributed by atoms with E-state index in [0.717, 1.165) is 11.6 Å². The molecule has 0 fully saturated rings. The average Bonchev–Trinajstić information content (AvgIpc) is 2.26. The quantitative estimate of drug-likeness (QED) is 0.448. The number of carboxylic acid groups (broad SMARTS) is 1. The van der Waals surface area contributed by atoms with Gasteiger partial charge in [0.1, 0.15) is 0 Å². The second-order valence-electron chi connectivity index (χ2n) is 2.83. The van der Waals surface area contributed by atoms with Gasteiger partial charge in [-0.05, 0) is 23.8 Å². The maximum absolute atomic E-state index is 10.3. The molecular weight excluding hydrogens is 194 g/mol. The molecule has 0 aliphatic carbocycles. The predicted molar refractivity (Wildman–Crippen MR) is 56.9 cm³/mol. The molecule has 78 valence electrons. The first-order valence-electron chi connectivity index (χ1n) is 4.27. The summed E-state index contributed by atoms with van der Waals surface area (Å²) in [6.45, 7) is 0. The smallest absolute Gasteiger partial charge is 0.328 e. The third kappa shape index (κ3) is 3.27. The van der Waals surface area contributed by atoms with Gasteiger partial charge in [-0.2, -0.15) is 0 Å². The van der Waals surface area contributed by atoms with Crippen LogP contribution in [0.25, 0.3) is 6.08 Å². The minimum Gasteiger partial charge on any atom is -0.481 e. The Labute approximate surface area is 87.3 Å². The molecule has 0 spiro atoms. The van der Waals surface area contributed by atoms with E-state index in [1.807, 2.05) is 0 Å². The lowest BCUT2D eigenvalue weighted by atomic mass is 10.1. The van der Waals surface area contributed by atoms with Crippen LogP contribution >= 0.6 is 0 Å². The standard InChI is InChI=1S/C11H11NO3/c1-15-11(12)9-5-2-8(3-6-9)4-7-10(13)14/h2-7,12H,1H3,(H,13,14). The Morgan fingerprint density at radius 3 is 2.47 bits per heavy atom. The second-order valence-corrected chi connectivity index (χ2v) is 2.83. The van der Waals surface area contributed by atoms with E-state index in [-0.39, 0.29) is 5.90 Å². The zero-order chi connectivity index (χ0) is 11.3. The molecule has 0 aromatic heterocycles. The Kier molecular flexibility index (Phi) is 3.62. The summed E-state index contributed by atoms with van der Waals surface area (Å²) in [7, 11) is 1.43. The van der Waals surface area contributed by atoms with E-state index in [2.05, 4.69) is 0 Å². The fourth-order valence-corrected chi connectivity index (χ4v) is 1.03. The lowest BCUT2D eigenvalue weighted by Crippen LogP contribution is -2.00. The highest BCUT2D eigenvalue weighted by Gasteiger charge is 1.99. The SMILES string of the molecule is COC(=N)c1ccc(C=CC(=O)O)cc1. The van der Waals surface area contributed by atoms with Crippen molar-refractivity contribution in [2.75, 3.05) is 7.11 Å². The van der Waals surface area contributed by atoms with Crippen molar-refractivity contribution in [3.8, 4) is 0 Å². The van der Waals surface area contributed by atoms with Gasteiger partial charge in [0.05, 0.1) is 7.11 Å². The normalized spacial score (nSPS) is 10.2. The third-order valence-corrected chi connectivity index (χ3v) is 1.80. The lowest BCUT2D eigenvalue weighted by molar-refractivity contribution is -0.131. The summed E-state index contributed by atoms with van der Waals surface area (Å²) in [6, 6.07) is 6.85. The molecule has 0 radical (unpaired) electrons. The van der Waals surface area contributed by atoms with Crippen molar-refractivity contribution in [3.05, 3.63) is 41.5 Å². The number of methoxy groups -OCH3 is 1. The van der Waals surface area contributed by atoms with Crippen LogP contribution in [-0.4, -0.2) is 24.1 Å². The molecule has 0 heterocycles. The molecule has 4 heteroatoms. The van der Waals surface area contributed by atoms with Crippen LogP contribution in [0.5, 0.6) is 0 Å². The molecule has 1 rings (SSSR count). The number of ether oxygens (including phenoxy) is 1. The average molecular weight is 205 g/mol. The largest absolute Gasteiger partial charge is 0.481 e. The summed E-state index contributed by atoms with van der Waals surface area (Å²) in [6.07, 6.45) is 2.55. The van der Waals surface area contributed by atoms with Crippen LogP contribution in [0.15, 0.2) is 30.3 Å². The topological polar surface area (TPSA) is 70.4 Å². The number of carboxylic acids is 1. The first kappa shape index (κ1) is 11.0. The molecule has 4 nitrogen and oxygen atoms in total. The van der Waals surface area contributed by atoms with E-state index < -0.39 is 5.97 Å². The van der Waals surface area contributed by atoms with Crippen molar-refractivity contribution in [1.29, 1.82) is 5.41 Å². The fraction of sp³-hybridized carbons (Fsp3) is 0.0909. The zero-order valence-corrected chi connectivity index (χ0v) is 8.23. The number of benzene rings is 1. The summed E-state index contributed by atoms with van der Waals surface area (Å²) in [4.78, 5) is 10.3. The van der Waals surface area contributed by atoms with E-state index in [0.29, 0.717) is 5.56 Å². The van der Waals surface area contributed by atoms with E-state index in [1.165, 1.54) is 13.2 Å². The van der Waals surface area contributed by atoms with E-state index >= 15 is 0 Å². The molecule has 15 heavy (non-hydrogen) atoms. The van der Waals surface area contributed by atoms with Gasteiger partial charge in [0, 0.05) is 11.6 Å². The molecule has 1 aromatic carbocycles. The highest BCUT2D eigenvalue weighted by Crippen LogP contribution is 2.07. The molecular formula is C11H11NO3. The van der Waals surface area contributed by atoms with Crippen molar-refractivity contribution in [1.82, 2.24) is 0 Å². The summed E-state index contributed by atoms with van der Waals surface area (Å²) >= 11 is 0. The van der Waals surface area contributed by atoms with Gasteiger partial charge < -0.3 is 9.84 Å². The zero-order valence-electron chi connectivity index (χ0n) is 8.23. The predicted octanol–water partition coefficient (Wildman–Crippen LogP) is 1.76. The fourth-order valence-electron chi connectivity index (χ4n) is 1.03. The van der Waals surface area contributed by atoms with Crippen LogP contribution in [-0.2, 0) is 9.53 Å². The van der Waals surface area contributed by atoms with Crippen molar-refractivity contribution in [2.24, 2.45) is 0 Å². The molecule has 0 aliphatic heterocycles. The summed E-state index contributed by atoms with van der Waals surface area (Å²) in [5, 5.41) is 15.8. The van der Waals surface area contributed by atoms with Crippen LogP contribution in [0.4, 0.5) is 0 Å². The van der Waals surface area contributed by atoms with Crippen LogP contribution in [0.3, 0.4) is 0 Å². The number of hydrogen-bond acceptors (Lipinski definition) is 3. The molecule has 0 aliphatic rings. The number of hydrogen-bond donors (Lipinski definition) is 2. The van der Waals surface area contributed by atoms with Crippen molar-refractivity contribution < 1.29 is 14.6 Å². The van der Waals surface area contributed by atoms with Gasteiger partial charge in [0.2, 0.25) is 5.90 Å². The highest BCUT2D eigenvalue weighted by atomic mass is 16.5. The maximum atomic E-state index is 10.3. The molecule has 0 amide bonds. The Balaban J connectivity index is 2.81. The Bertz CT molecular complexity index is 393. The summed E-state index contributed by atoms with van der Waals surface area (Å²) in [5.74, 6) is -0.896. The number of rotatable bonds is 3. The molecule has 2 N–H and O–H groups in total. The molecule has 0 atom stereocenters. The highest BCUT2D eigenvalue weighted by molar-refractivity contribution is 5.92. The van der Waals surface area contributed by atoms with Crippen LogP contribution in [0.2, 0.25) is 0 Å². The molecule has 0 saturated carbocycles. The van der Waals surface area contributed by atoms with Crippen molar-refractivity contribution in [3.63, 3.8) is 0 Å². The van der Waals surface area contributed by atoms with Gasteiger partial charge in [0.25, 0.3) is 0 Å². The maximum Gasteiger partial charge on any atom is 0.328 e. The van der Waals surface area contributed by atoms with Gasteiger partial charge in [-0.3, -0.25) is 5.41 Å². The Morgan fingerprint density at radius 1 is 1.40 bits per heavy atom. The molecule has 0 bridgehead atoms. The third-order valence-electron chi connectivity index (χ3n) is 1.80.